The van der Waals surface area contributed by atoms with Crippen LogP contribution in [0.5, 0.6) is 0 Å². The van der Waals surface area contributed by atoms with Crippen LogP contribution >= 0.6 is 7.05 Å². The number of pyridine rings is 1. The van der Waals surface area contributed by atoms with Gasteiger partial charge in [-0.2, -0.15) is 0 Å². The van der Waals surface area contributed by atoms with E-state index in [9.17, 15) is 19.7 Å². The highest BCUT2D eigenvalue weighted by Crippen LogP contribution is 2.52. The molecule has 202 valence electrons. The van der Waals surface area contributed by atoms with E-state index in [0.29, 0.717) is 16.5 Å². The molecule has 6 aromatic rings. The summed E-state index contributed by atoms with van der Waals surface area (Å²) < 4.78 is 6.91. The number of para-hydroxylation sites is 1. The van der Waals surface area contributed by atoms with Crippen molar-refractivity contribution in [2.24, 2.45) is 4.74 Å². The lowest BCUT2D eigenvalue weighted by atomic mass is 10.0. The van der Waals surface area contributed by atoms with E-state index < -0.39 is 17.9 Å². The Morgan fingerprint density at radius 3 is 1.71 bits per heavy atom. The summed E-state index contributed by atoms with van der Waals surface area (Å²) in [6.07, 6.45) is 0. The maximum Gasteiger partial charge on any atom is 0.282 e. The van der Waals surface area contributed by atoms with Gasteiger partial charge in [-0.15, -0.1) is 0 Å². The number of hydrogen-bond donors (Lipinski definition) is 0. The second-order valence-electron chi connectivity index (χ2n) is 9.88. The summed E-state index contributed by atoms with van der Waals surface area (Å²) in [6.45, 7) is 0. The molecule has 8 heteroatoms. The predicted molar refractivity (Wildman–Crippen MR) is 167 cm³/mol. The number of nitro benzene ring substituents is 1. The van der Waals surface area contributed by atoms with E-state index >= 15 is 0 Å². The Morgan fingerprint density at radius 1 is 0.643 bits per heavy atom. The molecule has 1 aromatic heterocycles. The summed E-state index contributed by atoms with van der Waals surface area (Å²) in [4.78, 5) is 39.9. The van der Waals surface area contributed by atoms with Crippen LogP contribution in [0.2, 0.25) is 0 Å². The zero-order chi connectivity index (χ0) is 28.8. The third-order valence-electron chi connectivity index (χ3n) is 7.60. The second kappa shape index (κ2) is 9.91. The van der Waals surface area contributed by atoms with E-state index in [1.807, 2.05) is 91.0 Å². The molecule has 7 nitrogen and oxygen atoms in total. The zero-order valence-corrected chi connectivity index (χ0v) is 23.0. The van der Waals surface area contributed by atoms with Crippen molar-refractivity contribution in [3.8, 4) is 11.3 Å². The van der Waals surface area contributed by atoms with Crippen molar-refractivity contribution in [1.29, 1.82) is 0 Å². The molecule has 5 aromatic carbocycles. The molecule has 1 aliphatic rings. The van der Waals surface area contributed by atoms with E-state index in [0.717, 1.165) is 15.9 Å². The number of fused-ring (bicyclic) bond motifs is 5. The van der Waals surface area contributed by atoms with E-state index in [4.69, 9.17) is 4.74 Å². The van der Waals surface area contributed by atoms with Gasteiger partial charge in [0.25, 0.3) is 11.6 Å². The number of carbonyl (C=O) groups excluding carboxylic acids is 1. The number of hydrogen-bond acceptors (Lipinski definition) is 5. The van der Waals surface area contributed by atoms with Crippen molar-refractivity contribution in [1.82, 2.24) is 4.57 Å². The molecular weight excluding hydrogens is 545 g/mol. The van der Waals surface area contributed by atoms with Gasteiger partial charge in [0, 0.05) is 32.9 Å². The predicted octanol–water partition coefficient (Wildman–Crippen LogP) is 6.39. The SMILES string of the molecule is O=C1c2c(cccc2[N+](=O)[O-])-c2c(N=P(c3ccccc3)(c3ccccc3)c3ccccc3)c(=O)c3ccccc3n21. The van der Waals surface area contributed by atoms with Crippen LogP contribution in [-0.4, -0.2) is 15.4 Å². The van der Waals surface area contributed by atoms with Gasteiger partial charge in [0.05, 0.1) is 23.2 Å². The summed E-state index contributed by atoms with van der Waals surface area (Å²) in [6, 6.07) is 40.9. The summed E-state index contributed by atoms with van der Waals surface area (Å²) in [5, 5.41) is 15.1. The fraction of sp³-hybridized carbons (Fsp3) is 0. The number of carbonyl (C=O) groups is 1. The standard InChI is InChI=1S/C34H22N3O4P/c38-33-26-19-10-11-21-28(26)36-32(27-20-12-22-29(37(40)41)30(27)34(36)39)31(33)35-42(23-13-4-1-5-14-23,24-15-6-2-7-16-24)25-17-8-3-9-18-25/h1-22H. The highest BCUT2D eigenvalue weighted by atomic mass is 31.2. The fourth-order valence-electron chi connectivity index (χ4n) is 5.80. The monoisotopic (exact) mass is 567 g/mol. The van der Waals surface area contributed by atoms with Gasteiger partial charge in [-0.05, 0) is 12.1 Å². The second-order valence-corrected chi connectivity index (χ2v) is 12.9. The van der Waals surface area contributed by atoms with Crippen LogP contribution in [0.1, 0.15) is 10.4 Å². The van der Waals surface area contributed by atoms with Crippen molar-refractivity contribution >= 4 is 51.2 Å². The van der Waals surface area contributed by atoms with Crippen molar-refractivity contribution in [2.45, 2.75) is 0 Å². The quantitative estimate of drug-likeness (QED) is 0.137. The van der Waals surface area contributed by atoms with E-state index in [2.05, 4.69) is 0 Å². The van der Waals surface area contributed by atoms with Gasteiger partial charge >= 0.3 is 0 Å². The molecular formula is C34H22N3O4P. The minimum atomic E-state index is -2.91. The van der Waals surface area contributed by atoms with Gasteiger partial charge in [0.2, 0.25) is 5.43 Å². The largest absolute Gasteiger partial charge is 0.287 e. The Balaban J connectivity index is 1.73. The summed E-state index contributed by atoms with van der Waals surface area (Å²) in [5.41, 5.74) is 0.395. The number of benzene rings is 5. The van der Waals surface area contributed by atoms with E-state index in [1.54, 1.807) is 30.3 Å². The molecule has 0 radical (unpaired) electrons. The molecule has 0 bridgehead atoms. The molecule has 42 heavy (non-hydrogen) atoms. The van der Waals surface area contributed by atoms with Crippen LogP contribution in [0.25, 0.3) is 22.2 Å². The third-order valence-corrected chi connectivity index (χ3v) is 11.2. The topological polar surface area (TPSA) is 94.6 Å². The molecule has 0 saturated heterocycles. The first kappa shape index (κ1) is 25.6. The van der Waals surface area contributed by atoms with Crippen LogP contribution < -0.4 is 21.3 Å². The minimum Gasteiger partial charge on any atom is -0.287 e. The summed E-state index contributed by atoms with van der Waals surface area (Å²) >= 11 is 0. The Bertz CT molecular complexity index is 2060. The number of nitrogens with zero attached hydrogens (tertiary/aromatic N) is 3. The highest BCUT2D eigenvalue weighted by molar-refractivity contribution is 7.87. The number of nitro groups is 1. The van der Waals surface area contributed by atoms with Gasteiger partial charge in [0.1, 0.15) is 11.3 Å². The maximum atomic E-state index is 14.5. The minimum absolute atomic E-state index is 0.0437. The normalized spacial score (nSPS) is 12.1. The lowest BCUT2D eigenvalue weighted by Crippen LogP contribution is -2.25. The molecule has 0 spiro atoms. The molecule has 0 aliphatic carbocycles. The molecule has 1 aliphatic heterocycles. The van der Waals surface area contributed by atoms with Crippen molar-refractivity contribution in [3.05, 3.63) is 159 Å². The average molecular weight is 568 g/mol. The van der Waals surface area contributed by atoms with Crippen LogP contribution in [0.4, 0.5) is 11.4 Å². The highest BCUT2D eigenvalue weighted by Gasteiger charge is 2.38. The van der Waals surface area contributed by atoms with Crippen molar-refractivity contribution in [2.75, 3.05) is 0 Å². The van der Waals surface area contributed by atoms with E-state index in [1.165, 1.54) is 16.7 Å². The molecule has 0 N–H and O–H groups in total. The maximum absolute atomic E-state index is 14.5. The van der Waals surface area contributed by atoms with Crippen molar-refractivity contribution in [3.63, 3.8) is 0 Å². The lowest BCUT2D eigenvalue weighted by Gasteiger charge is -2.27. The Kier molecular flexibility index (Phi) is 6.03. The van der Waals surface area contributed by atoms with Gasteiger partial charge in [-0.3, -0.25) is 24.3 Å². The first-order valence-corrected chi connectivity index (χ1v) is 15.1. The molecule has 0 fully saturated rings. The van der Waals surface area contributed by atoms with Crippen LogP contribution in [0.15, 0.2) is 143 Å². The number of aromatic nitrogens is 1. The Morgan fingerprint density at radius 2 is 1.17 bits per heavy atom. The first-order chi connectivity index (χ1) is 20.5. The Hall–Kier alpha value is -5.39. The fourth-order valence-corrected chi connectivity index (χ4v) is 9.34. The first-order valence-electron chi connectivity index (χ1n) is 13.3. The number of rotatable bonds is 5. The molecule has 0 amide bonds. The molecule has 0 unspecified atom stereocenters. The van der Waals surface area contributed by atoms with E-state index in [-0.39, 0.29) is 28.1 Å². The van der Waals surface area contributed by atoms with Crippen molar-refractivity contribution < 1.29 is 9.72 Å². The van der Waals surface area contributed by atoms with Crippen LogP contribution in [0.3, 0.4) is 0 Å². The summed E-state index contributed by atoms with van der Waals surface area (Å²) in [5.74, 6) is -0.553. The van der Waals surface area contributed by atoms with Gasteiger partial charge in [0.15, 0.2) is 0 Å². The zero-order valence-electron chi connectivity index (χ0n) is 22.1. The lowest BCUT2D eigenvalue weighted by molar-refractivity contribution is -0.385. The molecule has 0 atom stereocenters. The smallest absolute Gasteiger partial charge is 0.282 e. The Labute approximate surface area is 240 Å². The average Bonchev–Trinajstić information content (AvgIpc) is 3.35. The molecule has 2 heterocycles. The van der Waals surface area contributed by atoms with Crippen LogP contribution in [0, 0.1) is 10.1 Å². The van der Waals surface area contributed by atoms with Gasteiger partial charge in [-0.25, -0.2) is 4.74 Å². The van der Waals surface area contributed by atoms with Gasteiger partial charge < -0.3 is 0 Å². The van der Waals surface area contributed by atoms with Crippen LogP contribution in [-0.2, 0) is 0 Å². The molecule has 0 saturated carbocycles. The van der Waals surface area contributed by atoms with Gasteiger partial charge in [-0.1, -0.05) is 115 Å². The summed E-state index contributed by atoms with van der Waals surface area (Å²) in [7, 11) is -2.91. The molecule has 7 rings (SSSR count). The third kappa shape index (κ3) is 3.71.